The van der Waals surface area contributed by atoms with Crippen LogP contribution in [0.15, 0.2) is 54.6 Å². The maximum atomic E-state index is 13.1. The second-order valence-corrected chi connectivity index (χ2v) is 5.49. The fraction of sp³-hybridized carbons (Fsp3) is 0.235. The SMILES string of the molecule is O=C(O)C1NNC(c2ccc(F)cc2)C1Cc1ccccc1. The molecule has 4 nitrogen and oxygen atoms in total. The summed E-state index contributed by atoms with van der Waals surface area (Å²) in [6, 6.07) is 15.1. The van der Waals surface area contributed by atoms with Gasteiger partial charge >= 0.3 is 5.97 Å². The Bertz CT molecular complexity index is 645. The Balaban J connectivity index is 1.88. The summed E-state index contributed by atoms with van der Waals surface area (Å²) in [6.45, 7) is 0. The Morgan fingerprint density at radius 3 is 2.36 bits per heavy atom. The molecule has 0 spiro atoms. The molecule has 0 aliphatic carbocycles. The quantitative estimate of drug-likeness (QED) is 0.811. The van der Waals surface area contributed by atoms with Gasteiger partial charge in [-0.2, -0.15) is 0 Å². The summed E-state index contributed by atoms with van der Waals surface area (Å²) < 4.78 is 13.1. The smallest absolute Gasteiger partial charge is 0.322 e. The predicted octanol–water partition coefficient (Wildman–Crippen LogP) is 2.29. The van der Waals surface area contributed by atoms with Crippen LogP contribution < -0.4 is 10.9 Å². The number of hydrogen-bond acceptors (Lipinski definition) is 3. The minimum atomic E-state index is -0.891. The first kappa shape index (κ1) is 14.7. The number of carboxylic acid groups (broad SMARTS) is 1. The highest BCUT2D eigenvalue weighted by atomic mass is 19.1. The van der Waals surface area contributed by atoms with Crippen LogP contribution in [0.4, 0.5) is 4.39 Å². The number of carbonyl (C=O) groups is 1. The standard InChI is InChI=1S/C17H17FN2O2/c18-13-8-6-12(7-9-13)15-14(16(17(21)22)20-19-15)10-11-4-2-1-3-5-11/h1-9,14-16,19-20H,10H2,(H,21,22). The zero-order valence-corrected chi connectivity index (χ0v) is 11.9. The number of aliphatic carboxylic acids is 1. The van der Waals surface area contributed by atoms with Crippen molar-refractivity contribution in [3.63, 3.8) is 0 Å². The van der Waals surface area contributed by atoms with E-state index in [1.54, 1.807) is 12.1 Å². The molecule has 0 radical (unpaired) electrons. The second kappa shape index (κ2) is 6.25. The summed E-state index contributed by atoms with van der Waals surface area (Å²) in [4.78, 5) is 11.5. The Morgan fingerprint density at radius 1 is 1.05 bits per heavy atom. The van der Waals surface area contributed by atoms with Gasteiger partial charge in [0.05, 0.1) is 6.04 Å². The van der Waals surface area contributed by atoms with Gasteiger partial charge in [0.2, 0.25) is 0 Å². The molecule has 1 aliphatic heterocycles. The van der Waals surface area contributed by atoms with E-state index in [1.165, 1.54) is 12.1 Å². The first-order valence-electron chi connectivity index (χ1n) is 7.18. The summed E-state index contributed by atoms with van der Waals surface area (Å²) in [5, 5.41) is 9.41. The summed E-state index contributed by atoms with van der Waals surface area (Å²) >= 11 is 0. The third kappa shape index (κ3) is 3.00. The molecule has 114 valence electrons. The topological polar surface area (TPSA) is 61.4 Å². The van der Waals surface area contributed by atoms with Gasteiger partial charge in [0.25, 0.3) is 0 Å². The fourth-order valence-electron chi connectivity index (χ4n) is 2.95. The highest BCUT2D eigenvalue weighted by molar-refractivity contribution is 5.74. The van der Waals surface area contributed by atoms with Crippen molar-refractivity contribution in [2.75, 3.05) is 0 Å². The van der Waals surface area contributed by atoms with Gasteiger partial charge in [0.15, 0.2) is 0 Å². The first-order valence-corrected chi connectivity index (χ1v) is 7.18. The van der Waals surface area contributed by atoms with Crippen LogP contribution in [0.1, 0.15) is 17.2 Å². The first-order chi connectivity index (χ1) is 10.6. The zero-order chi connectivity index (χ0) is 15.5. The van der Waals surface area contributed by atoms with Gasteiger partial charge in [-0.05, 0) is 29.7 Å². The molecule has 3 N–H and O–H groups in total. The van der Waals surface area contributed by atoms with Crippen LogP contribution in [-0.2, 0) is 11.2 Å². The van der Waals surface area contributed by atoms with E-state index >= 15 is 0 Å². The van der Waals surface area contributed by atoms with Gasteiger partial charge in [-0.3, -0.25) is 4.79 Å². The Hall–Kier alpha value is -2.24. The molecule has 0 saturated carbocycles. The number of carboxylic acids is 1. The number of hydrazine groups is 1. The van der Waals surface area contributed by atoms with E-state index in [2.05, 4.69) is 10.9 Å². The molecule has 2 aromatic carbocycles. The molecule has 0 amide bonds. The van der Waals surface area contributed by atoms with Gasteiger partial charge in [-0.15, -0.1) is 0 Å². The van der Waals surface area contributed by atoms with Crippen LogP contribution in [0.3, 0.4) is 0 Å². The summed E-state index contributed by atoms with van der Waals surface area (Å²) in [7, 11) is 0. The van der Waals surface area contributed by atoms with E-state index in [9.17, 15) is 14.3 Å². The highest BCUT2D eigenvalue weighted by Gasteiger charge is 2.40. The number of rotatable bonds is 4. The molecule has 22 heavy (non-hydrogen) atoms. The third-order valence-electron chi connectivity index (χ3n) is 4.06. The predicted molar refractivity (Wildman–Crippen MR) is 80.5 cm³/mol. The number of hydrogen-bond donors (Lipinski definition) is 3. The van der Waals surface area contributed by atoms with Gasteiger partial charge in [-0.25, -0.2) is 15.2 Å². The number of nitrogens with one attached hydrogen (secondary N) is 2. The van der Waals surface area contributed by atoms with Gasteiger partial charge in [0, 0.05) is 5.92 Å². The second-order valence-electron chi connectivity index (χ2n) is 5.49. The average molecular weight is 300 g/mol. The largest absolute Gasteiger partial charge is 0.480 e. The Kier molecular flexibility index (Phi) is 4.18. The molecule has 1 saturated heterocycles. The van der Waals surface area contributed by atoms with Crippen LogP contribution >= 0.6 is 0 Å². The molecule has 0 bridgehead atoms. The molecule has 3 unspecified atom stereocenters. The van der Waals surface area contributed by atoms with Crippen LogP contribution in [0, 0.1) is 11.7 Å². The van der Waals surface area contributed by atoms with Crippen molar-refractivity contribution in [2.45, 2.75) is 18.5 Å². The lowest BCUT2D eigenvalue weighted by Crippen LogP contribution is -2.39. The van der Waals surface area contributed by atoms with E-state index < -0.39 is 12.0 Å². The summed E-state index contributed by atoms with van der Waals surface area (Å²) in [6.07, 6.45) is 0.625. The lowest BCUT2D eigenvalue weighted by atomic mass is 9.84. The Morgan fingerprint density at radius 2 is 1.73 bits per heavy atom. The molecular weight excluding hydrogens is 283 g/mol. The van der Waals surface area contributed by atoms with E-state index in [1.807, 2.05) is 30.3 Å². The van der Waals surface area contributed by atoms with Crippen LogP contribution in [0.2, 0.25) is 0 Å². The lowest BCUT2D eigenvalue weighted by Gasteiger charge is -2.21. The molecule has 5 heteroatoms. The minimum Gasteiger partial charge on any atom is -0.480 e. The van der Waals surface area contributed by atoms with Gasteiger partial charge < -0.3 is 5.11 Å². The average Bonchev–Trinajstić information content (AvgIpc) is 2.93. The van der Waals surface area contributed by atoms with Crippen molar-refractivity contribution in [3.05, 3.63) is 71.5 Å². The zero-order valence-electron chi connectivity index (χ0n) is 11.9. The van der Waals surface area contributed by atoms with Crippen molar-refractivity contribution in [2.24, 2.45) is 5.92 Å². The van der Waals surface area contributed by atoms with Gasteiger partial charge in [-0.1, -0.05) is 42.5 Å². The van der Waals surface area contributed by atoms with E-state index in [4.69, 9.17) is 0 Å². The molecule has 1 fully saturated rings. The molecule has 3 atom stereocenters. The van der Waals surface area contributed by atoms with Crippen LogP contribution in [-0.4, -0.2) is 17.1 Å². The van der Waals surface area contributed by atoms with Crippen molar-refractivity contribution in [1.29, 1.82) is 0 Å². The van der Waals surface area contributed by atoms with Crippen molar-refractivity contribution in [3.8, 4) is 0 Å². The van der Waals surface area contributed by atoms with E-state index in [-0.39, 0.29) is 17.8 Å². The molecule has 1 heterocycles. The van der Waals surface area contributed by atoms with Crippen LogP contribution in [0.5, 0.6) is 0 Å². The summed E-state index contributed by atoms with van der Waals surface area (Å²) in [5.74, 6) is -1.35. The van der Waals surface area contributed by atoms with Crippen molar-refractivity contribution in [1.82, 2.24) is 10.9 Å². The van der Waals surface area contributed by atoms with E-state index in [0.29, 0.717) is 6.42 Å². The van der Waals surface area contributed by atoms with E-state index in [0.717, 1.165) is 11.1 Å². The third-order valence-corrected chi connectivity index (χ3v) is 4.06. The maximum Gasteiger partial charge on any atom is 0.322 e. The molecule has 1 aliphatic rings. The van der Waals surface area contributed by atoms with Gasteiger partial charge in [0.1, 0.15) is 11.9 Å². The van der Waals surface area contributed by atoms with Crippen molar-refractivity contribution >= 4 is 5.97 Å². The molecular formula is C17H17FN2O2. The number of halogens is 1. The molecule has 2 aromatic rings. The Labute approximate surface area is 127 Å². The lowest BCUT2D eigenvalue weighted by molar-refractivity contribution is -0.140. The molecule has 3 rings (SSSR count). The van der Waals surface area contributed by atoms with Crippen LogP contribution in [0.25, 0.3) is 0 Å². The molecule has 0 aromatic heterocycles. The normalized spacial score (nSPS) is 24.3. The number of benzene rings is 2. The van der Waals surface area contributed by atoms with Crippen molar-refractivity contribution < 1.29 is 14.3 Å². The fourth-order valence-corrected chi connectivity index (χ4v) is 2.95. The maximum absolute atomic E-state index is 13.1. The summed E-state index contributed by atoms with van der Waals surface area (Å²) in [5.41, 5.74) is 7.84. The highest BCUT2D eigenvalue weighted by Crippen LogP contribution is 2.31. The monoisotopic (exact) mass is 300 g/mol. The minimum absolute atomic E-state index is 0.162.